The van der Waals surface area contributed by atoms with Crippen LogP contribution >= 0.6 is 0 Å². The van der Waals surface area contributed by atoms with Crippen molar-refractivity contribution in [3.8, 4) is 5.88 Å². The predicted molar refractivity (Wildman–Crippen MR) is 84.1 cm³/mol. The van der Waals surface area contributed by atoms with Crippen LogP contribution in [0.2, 0.25) is 0 Å². The summed E-state index contributed by atoms with van der Waals surface area (Å²) in [5, 5.41) is 3.31. The Labute approximate surface area is 123 Å². The Morgan fingerprint density at radius 1 is 1.25 bits per heavy atom. The van der Waals surface area contributed by atoms with Crippen molar-refractivity contribution in [3.63, 3.8) is 0 Å². The molecule has 0 aliphatic heterocycles. The van der Waals surface area contributed by atoms with Gasteiger partial charge < -0.3 is 10.1 Å². The van der Waals surface area contributed by atoms with Crippen molar-refractivity contribution < 1.29 is 4.74 Å². The van der Waals surface area contributed by atoms with E-state index in [1.165, 1.54) is 0 Å². The number of nitrogens with zero attached hydrogens (tertiary/aromatic N) is 2. The number of pyridine rings is 1. The van der Waals surface area contributed by atoms with E-state index in [1.807, 2.05) is 6.07 Å². The normalized spacial score (nSPS) is 11.6. The van der Waals surface area contributed by atoms with Crippen LogP contribution in [0.4, 0.5) is 0 Å². The average molecular weight is 279 g/mol. The fourth-order valence-corrected chi connectivity index (χ4v) is 2.31. The van der Waals surface area contributed by atoms with Crippen LogP contribution in [-0.2, 0) is 6.54 Å². The van der Waals surface area contributed by atoms with Crippen molar-refractivity contribution in [1.29, 1.82) is 0 Å². The lowest BCUT2D eigenvalue weighted by molar-refractivity contribution is 0.139. The Morgan fingerprint density at radius 2 is 1.95 bits per heavy atom. The van der Waals surface area contributed by atoms with Crippen LogP contribution in [0.25, 0.3) is 0 Å². The number of rotatable bonds is 9. The minimum absolute atomic E-state index is 0.531. The van der Waals surface area contributed by atoms with E-state index in [-0.39, 0.29) is 0 Å². The van der Waals surface area contributed by atoms with Crippen LogP contribution in [0.15, 0.2) is 18.3 Å². The van der Waals surface area contributed by atoms with Crippen molar-refractivity contribution in [1.82, 2.24) is 15.2 Å². The highest BCUT2D eigenvalue weighted by Gasteiger charge is 2.13. The van der Waals surface area contributed by atoms with Gasteiger partial charge in [0.1, 0.15) is 6.61 Å². The van der Waals surface area contributed by atoms with Crippen LogP contribution in [0.5, 0.6) is 5.88 Å². The summed E-state index contributed by atoms with van der Waals surface area (Å²) < 4.78 is 5.87. The van der Waals surface area contributed by atoms with Gasteiger partial charge in [-0.2, -0.15) is 0 Å². The van der Waals surface area contributed by atoms with Crippen LogP contribution in [0.3, 0.4) is 0 Å². The SMILES string of the molecule is CCNCc1cccnc1OCCN(C(C)C)C(C)C. The molecule has 1 heterocycles. The number of nitrogens with one attached hydrogen (secondary N) is 1. The standard InChI is InChI=1S/C16H29N3O/c1-6-17-12-15-8-7-9-18-16(15)20-11-10-19(13(2)3)14(4)5/h7-9,13-14,17H,6,10-12H2,1-5H3. The number of aromatic nitrogens is 1. The molecule has 0 amide bonds. The number of ether oxygens (including phenoxy) is 1. The highest BCUT2D eigenvalue weighted by atomic mass is 16.5. The molecular formula is C16H29N3O. The molecule has 1 aromatic rings. The molecule has 0 aliphatic rings. The van der Waals surface area contributed by atoms with Gasteiger partial charge in [-0.15, -0.1) is 0 Å². The van der Waals surface area contributed by atoms with Crippen molar-refractivity contribution in [2.45, 2.75) is 53.2 Å². The van der Waals surface area contributed by atoms with Gasteiger partial charge in [-0.05, 0) is 40.3 Å². The van der Waals surface area contributed by atoms with Crippen molar-refractivity contribution in [2.24, 2.45) is 0 Å². The molecule has 0 unspecified atom stereocenters. The Hall–Kier alpha value is -1.13. The lowest BCUT2D eigenvalue weighted by Gasteiger charge is -2.30. The minimum atomic E-state index is 0.531. The first-order valence-electron chi connectivity index (χ1n) is 7.59. The zero-order valence-electron chi connectivity index (χ0n) is 13.5. The smallest absolute Gasteiger partial charge is 0.217 e. The average Bonchev–Trinajstić information content (AvgIpc) is 2.41. The number of hydrogen-bond acceptors (Lipinski definition) is 4. The third kappa shape index (κ3) is 5.47. The third-order valence-electron chi connectivity index (χ3n) is 3.33. The molecule has 0 fully saturated rings. The highest BCUT2D eigenvalue weighted by molar-refractivity contribution is 5.25. The molecule has 0 spiro atoms. The Kier molecular flexibility index (Phi) is 7.55. The first kappa shape index (κ1) is 16.9. The summed E-state index contributed by atoms with van der Waals surface area (Å²) in [6.07, 6.45) is 1.79. The molecule has 0 radical (unpaired) electrons. The van der Waals surface area contributed by atoms with E-state index in [4.69, 9.17) is 4.74 Å². The largest absolute Gasteiger partial charge is 0.476 e. The first-order chi connectivity index (χ1) is 9.56. The van der Waals surface area contributed by atoms with Gasteiger partial charge >= 0.3 is 0 Å². The molecule has 1 N–H and O–H groups in total. The molecule has 1 rings (SSSR count). The van der Waals surface area contributed by atoms with Gasteiger partial charge in [0.05, 0.1) is 0 Å². The zero-order chi connectivity index (χ0) is 15.0. The van der Waals surface area contributed by atoms with E-state index in [0.29, 0.717) is 18.7 Å². The third-order valence-corrected chi connectivity index (χ3v) is 3.33. The summed E-state index contributed by atoms with van der Waals surface area (Å²) in [7, 11) is 0. The Morgan fingerprint density at radius 3 is 2.55 bits per heavy atom. The summed E-state index contributed by atoms with van der Waals surface area (Å²) in [6, 6.07) is 5.08. The van der Waals surface area contributed by atoms with E-state index >= 15 is 0 Å². The van der Waals surface area contributed by atoms with Gasteiger partial charge in [0.2, 0.25) is 5.88 Å². The summed E-state index contributed by atoms with van der Waals surface area (Å²) in [6.45, 7) is 14.3. The van der Waals surface area contributed by atoms with Gasteiger partial charge in [-0.3, -0.25) is 4.90 Å². The van der Waals surface area contributed by atoms with E-state index in [1.54, 1.807) is 6.20 Å². The Balaban J connectivity index is 2.52. The van der Waals surface area contributed by atoms with Crippen molar-refractivity contribution in [3.05, 3.63) is 23.9 Å². The van der Waals surface area contributed by atoms with E-state index in [0.717, 1.165) is 31.1 Å². The fourth-order valence-electron chi connectivity index (χ4n) is 2.31. The fraction of sp³-hybridized carbons (Fsp3) is 0.688. The van der Waals surface area contributed by atoms with Gasteiger partial charge in [-0.25, -0.2) is 4.98 Å². The van der Waals surface area contributed by atoms with Crippen molar-refractivity contribution >= 4 is 0 Å². The number of hydrogen-bond donors (Lipinski definition) is 1. The molecule has 0 aliphatic carbocycles. The molecule has 1 aromatic heterocycles. The van der Waals surface area contributed by atoms with Crippen LogP contribution in [0, 0.1) is 0 Å². The highest BCUT2D eigenvalue weighted by Crippen LogP contribution is 2.14. The topological polar surface area (TPSA) is 37.4 Å². The monoisotopic (exact) mass is 279 g/mol. The quantitative estimate of drug-likeness (QED) is 0.754. The lowest BCUT2D eigenvalue weighted by Crippen LogP contribution is -2.39. The van der Waals surface area contributed by atoms with Crippen LogP contribution in [0.1, 0.15) is 40.2 Å². The van der Waals surface area contributed by atoms with E-state index in [2.05, 4.69) is 55.9 Å². The van der Waals surface area contributed by atoms with E-state index < -0.39 is 0 Å². The molecular weight excluding hydrogens is 250 g/mol. The van der Waals surface area contributed by atoms with Crippen LogP contribution < -0.4 is 10.1 Å². The van der Waals surface area contributed by atoms with Gasteiger partial charge in [-0.1, -0.05) is 13.0 Å². The molecule has 0 aromatic carbocycles. The maximum absolute atomic E-state index is 5.87. The molecule has 4 heteroatoms. The molecule has 0 saturated carbocycles. The second-order valence-corrected chi connectivity index (χ2v) is 5.52. The van der Waals surface area contributed by atoms with Gasteiger partial charge in [0.25, 0.3) is 0 Å². The maximum Gasteiger partial charge on any atom is 0.217 e. The van der Waals surface area contributed by atoms with Gasteiger partial charge in [0, 0.05) is 36.9 Å². The molecule has 114 valence electrons. The molecule has 4 nitrogen and oxygen atoms in total. The molecule has 0 saturated heterocycles. The van der Waals surface area contributed by atoms with Crippen LogP contribution in [-0.4, -0.2) is 41.7 Å². The second kappa shape index (κ2) is 8.93. The molecule has 0 atom stereocenters. The lowest BCUT2D eigenvalue weighted by atomic mass is 10.2. The van der Waals surface area contributed by atoms with Gasteiger partial charge in [0.15, 0.2) is 0 Å². The minimum Gasteiger partial charge on any atom is -0.476 e. The summed E-state index contributed by atoms with van der Waals surface area (Å²) in [5.74, 6) is 0.751. The Bertz CT molecular complexity index is 372. The zero-order valence-corrected chi connectivity index (χ0v) is 13.5. The van der Waals surface area contributed by atoms with E-state index in [9.17, 15) is 0 Å². The second-order valence-electron chi connectivity index (χ2n) is 5.52. The van der Waals surface area contributed by atoms with Crippen molar-refractivity contribution in [2.75, 3.05) is 19.7 Å². The first-order valence-corrected chi connectivity index (χ1v) is 7.59. The summed E-state index contributed by atoms with van der Waals surface area (Å²) >= 11 is 0. The molecule has 0 bridgehead atoms. The molecule has 20 heavy (non-hydrogen) atoms. The predicted octanol–water partition coefficient (Wildman–Crippen LogP) is 2.69. The summed E-state index contributed by atoms with van der Waals surface area (Å²) in [4.78, 5) is 6.76. The maximum atomic E-state index is 5.87. The summed E-state index contributed by atoms with van der Waals surface area (Å²) in [5.41, 5.74) is 1.12.